The first-order chi connectivity index (χ1) is 8.24. The molecule has 1 aliphatic rings. The summed E-state index contributed by atoms with van der Waals surface area (Å²) in [5.41, 5.74) is 0. The number of rotatable bonds is 7. The summed E-state index contributed by atoms with van der Waals surface area (Å²) in [6.07, 6.45) is 5.29. The second kappa shape index (κ2) is 8.48. The summed E-state index contributed by atoms with van der Waals surface area (Å²) in [7, 11) is 3.86. The number of hydrogen-bond donors (Lipinski definition) is 2. The van der Waals surface area contributed by atoms with E-state index in [9.17, 15) is 4.79 Å². The Bertz CT molecular complexity index is 215. The topological polar surface area (TPSA) is 44.4 Å². The number of carbonyl (C=O) groups excluding carboxylic acids is 1. The van der Waals surface area contributed by atoms with E-state index in [0.717, 1.165) is 51.4 Å². The fourth-order valence-corrected chi connectivity index (χ4v) is 2.31. The molecular formula is C13H27N3O. The highest BCUT2D eigenvalue weighted by molar-refractivity contribution is 5.75. The van der Waals surface area contributed by atoms with Crippen LogP contribution in [0.15, 0.2) is 0 Å². The van der Waals surface area contributed by atoms with Crippen molar-refractivity contribution in [2.24, 2.45) is 5.92 Å². The summed E-state index contributed by atoms with van der Waals surface area (Å²) >= 11 is 0. The van der Waals surface area contributed by atoms with E-state index in [2.05, 4.69) is 10.6 Å². The van der Waals surface area contributed by atoms with Gasteiger partial charge in [0.15, 0.2) is 0 Å². The standard InChI is InChI=1S/C13H27N3O/c1-14-8-3-11-16(2)13(17)5-4-12-6-9-15-10-7-12/h12,14-15H,3-11H2,1-2H3. The van der Waals surface area contributed by atoms with Gasteiger partial charge in [0.2, 0.25) is 5.91 Å². The van der Waals surface area contributed by atoms with E-state index >= 15 is 0 Å². The zero-order chi connectivity index (χ0) is 12.5. The Balaban J connectivity index is 2.10. The van der Waals surface area contributed by atoms with Crippen LogP contribution in [0.3, 0.4) is 0 Å². The van der Waals surface area contributed by atoms with Crippen LogP contribution in [-0.2, 0) is 4.79 Å². The van der Waals surface area contributed by atoms with Crippen molar-refractivity contribution in [3.63, 3.8) is 0 Å². The molecule has 100 valence electrons. The summed E-state index contributed by atoms with van der Waals surface area (Å²) in [5, 5.41) is 6.46. The highest BCUT2D eigenvalue weighted by Crippen LogP contribution is 2.18. The Labute approximate surface area is 105 Å². The van der Waals surface area contributed by atoms with Crippen molar-refractivity contribution >= 4 is 5.91 Å². The average molecular weight is 241 g/mol. The predicted octanol–water partition coefficient (Wildman–Crippen LogP) is 0.834. The average Bonchev–Trinajstić information content (AvgIpc) is 2.37. The van der Waals surface area contributed by atoms with Crippen LogP contribution in [0.25, 0.3) is 0 Å². The fourth-order valence-electron chi connectivity index (χ4n) is 2.31. The van der Waals surface area contributed by atoms with E-state index < -0.39 is 0 Å². The van der Waals surface area contributed by atoms with Gasteiger partial charge in [-0.2, -0.15) is 0 Å². The van der Waals surface area contributed by atoms with Crippen LogP contribution in [0.4, 0.5) is 0 Å². The van der Waals surface area contributed by atoms with E-state index in [-0.39, 0.29) is 0 Å². The molecule has 1 fully saturated rings. The van der Waals surface area contributed by atoms with E-state index in [1.165, 1.54) is 12.8 Å². The van der Waals surface area contributed by atoms with Crippen LogP contribution in [-0.4, -0.2) is 51.1 Å². The zero-order valence-electron chi connectivity index (χ0n) is 11.3. The number of piperidine rings is 1. The number of amides is 1. The zero-order valence-corrected chi connectivity index (χ0v) is 11.3. The van der Waals surface area contributed by atoms with Gasteiger partial charge in [0.05, 0.1) is 0 Å². The second-order valence-electron chi connectivity index (χ2n) is 5.00. The molecule has 1 saturated heterocycles. The molecule has 2 N–H and O–H groups in total. The molecule has 0 aliphatic carbocycles. The molecule has 0 spiro atoms. The lowest BCUT2D eigenvalue weighted by Crippen LogP contribution is -2.31. The minimum atomic E-state index is 0.305. The summed E-state index contributed by atoms with van der Waals surface area (Å²) in [4.78, 5) is 13.7. The minimum absolute atomic E-state index is 0.305. The van der Waals surface area contributed by atoms with Gasteiger partial charge in [0.25, 0.3) is 0 Å². The van der Waals surface area contributed by atoms with E-state index in [0.29, 0.717) is 5.91 Å². The first kappa shape index (κ1) is 14.5. The molecule has 1 heterocycles. The summed E-state index contributed by atoms with van der Waals surface area (Å²) in [5.74, 6) is 1.06. The van der Waals surface area contributed by atoms with Crippen molar-refractivity contribution in [3.8, 4) is 0 Å². The first-order valence-electron chi connectivity index (χ1n) is 6.83. The highest BCUT2D eigenvalue weighted by atomic mass is 16.2. The third-order valence-corrected chi connectivity index (χ3v) is 3.57. The van der Waals surface area contributed by atoms with E-state index in [4.69, 9.17) is 0 Å². The number of hydrogen-bond acceptors (Lipinski definition) is 3. The highest BCUT2D eigenvalue weighted by Gasteiger charge is 2.15. The molecule has 4 nitrogen and oxygen atoms in total. The van der Waals surface area contributed by atoms with Gasteiger partial charge >= 0.3 is 0 Å². The molecule has 0 aromatic carbocycles. The van der Waals surface area contributed by atoms with Gasteiger partial charge in [0, 0.05) is 20.0 Å². The van der Waals surface area contributed by atoms with Gasteiger partial charge in [-0.25, -0.2) is 0 Å². The molecule has 0 saturated carbocycles. The monoisotopic (exact) mass is 241 g/mol. The molecule has 0 radical (unpaired) electrons. The lowest BCUT2D eigenvalue weighted by atomic mass is 9.93. The Hall–Kier alpha value is -0.610. The first-order valence-corrected chi connectivity index (χ1v) is 6.83. The molecule has 1 aliphatic heterocycles. The van der Waals surface area contributed by atoms with Gasteiger partial charge in [-0.1, -0.05) is 0 Å². The lowest BCUT2D eigenvalue weighted by molar-refractivity contribution is -0.130. The van der Waals surface area contributed by atoms with Crippen molar-refractivity contribution in [1.82, 2.24) is 15.5 Å². The largest absolute Gasteiger partial charge is 0.346 e. The van der Waals surface area contributed by atoms with E-state index in [1.807, 2.05) is 19.0 Å². The molecule has 0 atom stereocenters. The Morgan fingerprint density at radius 1 is 1.41 bits per heavy atom. The van der Waals surface area contributed by atoms with Gasteiger partial charge in [-0.05, 0) is 58.3 Å². The smallest absolute Gasteiger partial charge is 0.222 e. The summed E-state index contributed by atoms with van der Waals surface area (Å²) in [6.45, 7) is 4.09. The molecule has 1 amide bonds. The van der Waals surface area contributed by atoms with Crippen molar-refractivity contribution in [3.05, 3.63) is 0 Å². The molecule has 0 aromatic heterocycles. The normalized spacial score (nSPS) is 17.1. The fraction of sp³-hybridized carbons (Fsp3) is 0.923. The Morgan fingerprint density at radius 2 is 2.12 bits per heavy atom. The van der Waals surface area contributed by atoms with Gasteiger partial charge in [-0.3, -0.25) is 4.79 Å². The second-order valence-corrected chi connectivity index (χ2v) is 5.00. The van der Waals surface area contributed by atoms with Crippen LogP contribution in [0, 0.1) is 5.92 Å². The van der Waals surface area contributed by atoms with Crippen molar-refractivity contribution in [1.29, 1.82) is 0 Å². The van der Waals surface area contributed by atoms with Gasteiger partial charge in [-0.15, -0.1) is 0 Å². The van der Waals surface area contributed by atoms with Crippen LogP contribution in [0.5, 0.6) is 0 Å². The Kier molecular flexibility index (Phi) is 7.21. The maximum absolute atomic E-state index is 11.9. The quantitative estimate of drug-likeness (QED) is 0.649. The third kappa shape index (κ3) is 6.03. The van der Waals surface area contributed by atoms with Crippen molar-refractivity contribution < 1.29 is 4.79 Å². The number of nitrogens with one attached hydrogen (secondary N) is 2. The molecule has 0 unspecified atom stereocenters. The summed E-state index contributed by atoms with van der Waals surface area (Å²) in [6, 6.07) is 0. The SMILES string of the molecule is CNCCCN(C)C(=O)CCC1CCNCC1. The number of nitrogens with zero attached hydrogens (tertiary/aromatic N) is 1. The van der Waals surface area contributed by atoms with E-state index in [1.54, 1.807) is 0 Å². The molecule has 0 aromatic rings. The van der Waals surface area contributed by atoms with Crippen molar-refractivity contribution in [2.75, 3.05) is 40.3 Å². The van der Waals surface area contributed by atoms with Crippen LogP contribution in [0.1, 0.15) is 32.1 Å². The maximum atomic E-state index is 11.9. The molecular weight excluding hydrogens is 214 g/mol. The molecule has 17 heavy (non-hydrogen) atoms. The van der Waals surface area contributed by atoms with Crippen LogP contribution < -0.4 is 10.6 Å². The molecule has 0 bridgehead atoms. The molecule has 4 heteroatoms. The minimum Gasteiger partial charge on any atom is -0.346 e. The number of carbonyl (C=O) groups is 1. The van der Waals surface area contributed by atoms with Crippen LogP contribution >= 0.6 is 0 Å². The lowest BCUT2D eigenvalue weighted by Gasteiger charge is -2.23. The van der Waals surface area contributed by atoms with Crippen LogP contribution in [0.2, 0.25) is 0 Å². The third-order valence-electron chi connectivity index (χ3n) is 3.57. The predicted molar refractivity (Wildman–Crippen MR) is 71.0 cm³/mol. The van der Waals surface area contributed by atoms with Gasteiger partial charge < -0.3 is 15.5 Å². The molecule has 1 rings (SSSR count). The Morgan fingerprint density at radius 3 is 2.76 bits per heavy atom. The van der Waals surface area contributed by atoms with Crippen molar-refractivity contribution in [2.45, 2.75) is 32.1 Å². The summed E-state index contributed by atoms with van der Waals surface area (Å²) < 4.78 is 0. The van der Waals surface area contributed by atoms with Gasteiger partial charge in [0.1, 0.15) is 0 Å². The maximum Gasteiger partial charge on any atom is 0.222 e.